The molecule has 2 aromatic carbocycles. The zero-order valence-corrected chi connectivity index (χ0v) is 22.6. The Bertz CT molecular complexity index is 778. The molecule has 2 aromatic rings. The van der Waals surface area contributed by atoms with Gasteiger partial charge >= 0.3 is 198 Å². The van der Waals surface area contributed by atoms with Crippen molar-refractivity contribution in [2.45, 2.75) is 95.6 Å². The fourth-order valence-electron chi connectivity index (χ4n) is 6.06. The van der Waals surface area contributed by atoms with E-state index < -0.39 is 13.2 Å². The molecule has 1 heterocycles. The van der Waals surface area contributed by atoms with E-state index in [0.717, 1.165) is 31.7 Å². The minimum absolute atomic E-state index is 0.327. The normalized spacial score (nSPS) is 15.2. The fraction of sp³-hybridized carbons (Fsp3) is 0.581. The van der Waals surface area contributed by atoms with E-state index in [0.29, 0.717) is 6.42 Å². The van der Waals surface area contributed by atoms with Crippen LogP contribution in [-0.2, 0) is 9.53 Å². The summed E-state index contributed by atoms with van der Waals surface area (Å²) >= 11 is 0. The van der Waals surface area contributed by atoms with Gasteiger partial charge in [0, 0.05) is 6.42 Å². The number of aliphatic carboxylic acids is 1. The van der Waals surface area contributed by atoms with Crippen molar-refractivity contribution in [3.05, 3.63) is 60.7 Å². The molecule has 0 aliphatic carbocycles. The molecular formula is C31H47O3P. The molecule has 1 saturated heterocycles. The Labute approximate surface area is 214 Å². The van der Waals surface area contributed by atoms with E-state index in [1.165, 1.54) is 76.8 Å². The standard InChI is InChI=1S/C31H47O3P/c32-31(33)22-16-8-6-4-2-1-3-5-7-9-17-27-35(28-18-12-10-13-19-28,29-20-14-11-15-21-29)30-23-25-34-26-24-30/h10-15,18-21,30,35H,1-9,16-17,22-27H2,(H,32,33). The Morgan fingerprint density at radius 3 is 1.57 bits per heavy atom. The van der Waals surface area contributed by atoms with Gasteiger partial charge in [0.2, 0.25) is 0 Å². The van der Waals surface area contributed by atoms with Crippen molar-refractivity contribution in [3.63, 3.8) is 0 Å². The summed E-state index contributed by atoms with van der Waals surface area (Å²) in [5.74, 6) is -0.662. The van der Waals surface area contributed by atoms with Crippen molar-refractivity contribution in [2.24, 2.45) is 0 Å². The number of carbonyl (C=O) groups is 1. The first-order valence-corrected chi connectivity index (χ1v) is 16.4. The molecule has 1 fully saturated rings. The predicted molar refractivity (Wildman–Crippen MR) is 152 cm³/mol. The van der Waals surface area contributed by atoms with Gasteiger partial charge in [-0.05, 0) is 0 Å². The molecule has 0 saturated carbocycles. The Hall–Kier alpha value is -1.70. The molecule has 4 heteroatoms. The molecule has 0 atom stereocenters. The van der Waals surface area contributed by atoms with Crippen LogP contribution in [0.15, 0.2) is 60.7 Å². The van der Waals surface area contributed by atoms with Crippen molar-refractivity contribution in [1.82, 2.24) is 0 Å². The second-order valence-electron chi connectivity index (χ2n) is 10.4. The molecule has 0 amide bonds. The van der Waals surface area contributed by atoms with Crippen LogP contribution >= 0.6 is 7.26 Å². The van der Waals surface area contributed by atoms with Crippen LogP contribution in [0.5, 0.6) is 0 Å². The number of ether oxygens (including phenoxy) is 1. The zero-order valence-electron chi connectivity index (χ0n) is 21.6. The quantitative estimate of drug-likeness (QED) is 0.183. The molecule has 1 aliphatic rings. The summed E-state index contributed by atoms with van der Waals surface area (Å²) in [4.78, 5) is 10.6. The number of hydrogen-bond acceptors (Lipinski definition) is 2. The molecule has 0 spiro atoms. The summed E-state index contributed by atoms with van der Waals surface area (Å²) in [6.45, 7) is 1.83. The zero-order chi connectivity index (χ0) is 24.6. The summed E-state index contributed by atoms with van der Waals surface area (Å²) in [6.07, 6.45) is 17.8. The molecule has 35 heavy (non-hydrogen) atoms. The van der Waals surface area contributed by atoms with Crippen LogP contribution in [0.2, 0.25) is 0 Å². The van der Waals surface area contributed by atoms with Crippen LogP contribution in [0, 0.1) is 0 Å². The van der Waals surface area contributed by atoms with Gasteiger partial charge in [0.05, 0.1) is 0 Å². The fourth-order valence-corrected chi connectivity index (χ4v) is 11.9. The van der Waals surface area contributed by atoms with Crippen molar-refractivity contribution in [1.29, 1.82) is 0 Å². The van der Waals surface area contributed by atoms with E-state index >= 15 is 0 Å². The van der Waals surface area contributed by atoms with Crippen LogP contribution in [0.4, 0.5) is 0 Å². The Morgan fingerprint density at radius 2 is 1.11 bits per heavy atom. The SMILES string of the molecule is O=C(O)CCCCCCCCCCCCC[PH](c1ccccc1)(c1ccccc1)C1CCOCC1. The van der Waals surface area contributed by atoms with Gasteiger partial charge in [-0.3, -0.25) is 4.79 Å². The molecule has 0 aromatic heterocycles. The van der Waals surface area contributed by atoms with E-state index in [1.807, 2.05) is 0 Å². The number of hydrogen-bond donors (Lipinski definition) is 1. The van der Waals surface area contributed by atoms with Crippen molar-refractivity contribution >= 4 is 23.8 Å². The Morgan fingerprint density at radius 1 is 0.686 bits per heavy atom. The van der Waals surface area contributed by atoms with E-state index in [4.69, 9.17) is 9.84 Å². The molecule has 194 valence electrons. The molecule has 3 rings (SSSR count). The van der Waals surface area contributed by atoms with Gasteiger partial charge in [-0.2, -0.15) is 0 Å². The molecule has 0 unspecified atom stereocenters. The van der Waals surface area contributed by atoms with Crippen molar-refractivity contribution < 1.29 is 14.6 Å². The van der Waals surface area contributed by atoms with Crippen LogP contribution in [0.3, 0.4) is 0 Å². The number of carboxylic acids is 1. The summed E-state index contributed by atoms with van der Waals surface area (Å²) in [5.41, 5.74) is 0.761. The van der Waals surface area contributed by atoms with E-state index in [9.17, 15) is 4.79 Å². The van der Waals surface area contributed by atoms with E-state index in [-0.39, 0.29) is 0 Å². The first-order chi connectivity index (χ1) is 17.2. The van der Waals surface area contributed by atoms with Gasteiger partial charge in [-0.15, -0.1) is 0 Å². The van der Waals surface area contributed by atoms with E-state index in [1.54, 1.807) is 10.6 Å². The summed E-state index contributed by atoms with van der Waals surface area (Å²) in [6, 6.07) is 22.9. The third-order valence-corrected chi connectivity index (χ3v) is 13.8. The van der Waals surface area contributed by atoms with Crippen LogP contribution < -0.4 is 10.6 Å². The van der Waals surface area contributed by atoms with Gasteiger partial charge in [0.25, 0.3) is 0 Å². The van der Waals surface area contributed by atoms with Gasteiger partial charge in [-0.1, -0.05) is 0 Å². The Kier molecular flexibility index (Phi) is 12.8. The monoisotopic (exact) mass is 498 g/mol. The number of rotatable bonds is 17. The van der Waals surface area contributed by atoms with Crippen LogP contribution in [0.25, 0.3) is 0 Å². The Balaban J connectivity index is 1.47. The van der Waals surface area contributed by atoms with E-state index in [2.05, 4.69) is 60.7 Å². The van der Waals surface area contributed by atoms with Crippen LogP contribution in [-0.4, -0.2) is 36.1 Å². The first-order valence-electron chi connectivity index (χ1n) is 14.1. The van der Waals surface area contributed by atoms with Gasteiger partial charge in [0.1, 0.15) is 0 Å². The molecule has 1 aliphatic heterocycles. The summed E-state index contributed by atoms with van der Waals surface area (Å²) in [5, 5.41) is 11.9. The van der Waals surface area contributed by atoms with Gasteiger partial charge < -0.3 is 5.11 Å². The molecule has 1 N–H and O–H groups in total. The van der Waals surface area contributed by atoms with Gasteiger partial charge in [-0.25, -0.2) is 0 Å². The minimum atomic E-state index is -1.87. The molecule has 0 radical (unpaired) electrons. The average Bonchev–Trinajstić information content (AvgIpc) is 2.90. The number of carboxylic acid groups (broad SMARTS) is 1. The molecule has 3 nitrogen and oxygen atoms in total. The topological polar surface area (TPSA) is 46.5 Å². The molecule has 0 bridgehead atoms. The number of unbranched alkanes of at least 4 members (excludes halogenated alkanes) is 10. The van der Waals surface area contributed by atoms with Gasteiger partial charge in [0.15, 0.2) is 0 Å². The third-order valence-electron chi connectivity index (χ3n) is 7.96. The van der Waals surface area contributed by atoms with Crippen molar-refractivity contribution in [2.75, 3.05) is 19.4 Å². The maximum absolute atomic E-state index is 10.6. The first kappa shape index (κ1) is 27.9. The molecular weight excluding hydrogens is 451 g/mol. The second kappa shape index (κ2) is 16.1. The number of benzene rings is 2. The summed E-state index contributed by atoms with van der Waals surface area (Å²) < 4.78 is 5.79. The maximum atomic E-state index is 10.6. The third kappa shape index (κ3) is 9.03. The van der Waals surface area contributed by atoms with Crippen LogP contribution in [0.1, 0.15) is 89.9 Å². The second-order valence-corrected chi connectivity index (χ2v) is 14.8. The predicted octanol–water partition coefficient (Wildman–Crippen LogP) is 7.33. The average molecular weight is 499 g/mol. The van der Waals surface area contributed by atoms with Crippen molar-refractivity contribution in [3.8, 4) is 0 Å². The summed E-state index contributed by atoms with van der Waals surface area (Å²) in [7, 11) is -1.87.